The van der Waals surface area contributed by atoms with E-state index in [0.717, 1.165) is 5.56 Å². The Balaban J connectivity index is 2.51. The molecular weight excluding hydrogens is 208 g/mol. The molecule has 1 rings (SSSR count). The lowest BCUT2D eigenvalue weighted by Gasteiger charge is -2.03. The maximum atomic E-state index is 10.9. The number of rotatable bonds is 4. The molecule has 0 saturated heterocycles. The number of ether oxygens (including phenoxy) is 1. The van der Waals surface area contributed by atoms with Crippen LogP contribution in [-0.4, -0.2) is 19.1 Å². The zero-order chi connectivity index (χ0) is 12.0. The first kappa shape index (κ1) is 12.0. The minimum Gasteiger partial charge on any atom is -0.469 e. The number of amides is 2. The average molecular weight is 222 g/mol. The molecule has 3 N–H and O–H groups in total. The van der Waals surface area contributed by atoms with E-state index in [4.69, 9.17) is 5.73 Å². The van der Waals surface area contributed by atoms with E-state index in [-0.39, 0.29) is 5.97 Å². The zero-order valence-corrected chi connectivity index (χ0v) is 9.03. The largest absolute Gasteiger partial charge is 0.469 e. The van der Waals surface area contributed by atoms with Crippen LogP contribution in [0.5, 0.6) is 0 Å². The van der Waals surface area contributed by atoms with Crippen LogP contribution >= 0.6 is 0 Å². The third kappa shape index (κ3) is 4.00. The minimum absolute atomic E-state index is 0.237. The average Bonchev–Trinajstić information content (AvgIpc) is 2.27. The van der Waals surface area contributed by atoms with Crippen molar-refractivity contribution >= 4 is 17.7 Å². The molecule has 0 heterocycles. The SMILES string of the molecule is COC(=O)CCc1ccc(NC(N)=O)cc1. The number of hydrogen-bond acceptors (Lipinski definition) is 3. The second-order valence-electron chi connectivity index (χ2n) is 3.26. The summed E-state index contributed by atoms with van der Waals surface area (Å²) in [6.45, 7) is 0. The molecule has 5 heteroatoms. The van der Waals surface area contributed by atoms with Gasteiger partial charge in [-0.3, -0.25) is 4.79 Å². The fraction of sp³-hybridized carbons (Fsp3) is 0.273. The third-order valence-corrected chi connectivity index (χ3v) is 2.07. The van der Waals surface area contributed by atoms with Crippen molar-refractivity contribution in [3.63, 3.8) is 0 Å². The van der Waals surface area contributed by atoms with Crippen LogP contribution in [0.3, 0.4) is 0 Å². The number of aryl methyl sites for hydroxylation is 1. The van der Waals surface area contributed by atoms with E-state index in [1.54, 1.807) is 12.1 Å². The van der Waals surface area contributed by atoms with Gasteiger partial charge in [0, 0.05) is 12.1 Å². The van der Waals surface area contributed by atoms with Crippen LogP contribution in [0.15, 0.2) is 24.3 Å². The van der Waals surface area contributed by atoms with Crippen LogP contribution in [0.25, 0.3) is 0 Å². The highest BCUT2D eigenvalue weighted by molar-refractivity contribution is 5.87. The highest BCUT2D eigenvalue weighted by Crippen LogP contribution is 2.10. The number of anilines is 1. The second kappa shape index (κ2) is 5.75. The predicted octanol–water partition coefficient (Wildman–Crippen LogP) is 1.28. The van der Waals surface area contributed by atoms with E-state index in [2.05, 4.69) is 10.1 Å². The molecule has 0 bridgehead atoms. The Labute approximate surface area is 93.6 Å². The molecule has 1 aromatic rings. The van der Waals surface area contributed by atoms with Gasteiger partial charge >= 0.3 is 12.0 Å². The summed E-state index contributed by atoms with van der Waals surface area (Å²) < 4.78 is 4.54. The van der Waals surface area contributed by atoms with Gasteiger partial charge in [0.25, 0.3) is 0 Å². The molecule has 0 unspecified atom stereocenters. The summed E-state index contributed by atoms with van der Waals surface area (Å²) >= 11 is 0. The third-order valence-electron chi connectivity index (χ3n) is 2.07. The minimum atomic E-state index is -0.595. The van der Waals surface area contributed by atoms with Crippen molar-refractivity contribution in [2.45, 2.75) is 12.8 Å². The predicted molar refractivity (Wildman–Crippen MR) is 60.0 cm³/mol. The summed E-state index contributed by atoms with van der Waals surface area (Å²) in [4.78, 5) is 21.5. The molecule has 0 aliphatic carbocycles. The fourth-order valence-electron chi connectivity index (χ4n) is 1.25. The summed E-state index contributed by atoms with van der Waals surface area (Å²) in [6.07, 6.45) is 0.961. The Hall–Kier alpha value is -2.04. The Morgan fingerprint density at radius 1 is 1.31 bits per heavy atom. The monoisotopic (exact) mass is 222 g/mol. The van der Waals surface area contributed by atoms with Crippen LogP contribution < -0.4 is 11.1 Å². The number of nitrogens with one attached hydrogen (secondary N) is 1. The van der Waals surface area contributed by atoms with Gasteiger partial charge in [0.15, 0.2) is 0 Å². The molecule has 0 aromatic heterocycles. The second-order valence-corrected chi connectivity index (χ2v) is 3.26. The molecule has 1 aromatic carbocycles. The number of carbonyl (C=O) groups excluding carboxylic acids is 2. The Morgan fingerprint density at radius 2 is 1.94 bits per heavy atom. The normalized spacial score (nSPS) is 9.56. The van der Waals surface area contributed by atoms with Gasteiger partial charge in [-0.1, -0.05) is 12.1 Å². The van der Waals surface area contributed by atoms with E-state index < -0.39 is 6.03 Å². The van der Waals surface area contributed by atoms with Crippen molar-refractivity contribution in [2.24, 2.45) is 5.73 Å². The maximum absolute atomic E-state index is 10.9. The molecule has 0 aliphatic rings. The molecule has 16 heavy (non-hydrogen) atoms. The lowest BCUT2D eigenvalue weighted by Crippen LogP contribution is -2.19. The number of hydrogen-bond donors (Lipinski definition) is 2. The van der Waals surface area contributed by atoms with E-state index >= 15 is 0 Å². The summed E-state index contributed by atoms with van der Waals surface area (Å²) in [5.41, 5.74) is 6.60. The molecule has 0 fully saturated rings. The Morgan fingerprint density at radius 3 is 2.44 bits per heavy atom. The first-order chi connectivity index (χ1) is 7.61. The Kier molecular flexibility index (Phi) is 4.32. The van der Waals surface area contributed by atoms with E-state index in [9.17, 15) is 9.59 Å². The standard InChI is InChI=1S/C11H14N2O3/c1-16-10(14)7-4-8-2-5-9(6-3-8)13-11(12)15/h2-3,5-6H,4,7H2,1H3,(H3,12,13,15). The number of urea groups is 1. The van der Waals surface area contributed by atoms with Gasteiger partial charge in [-0.15, -0.1) is 0 Å². The van der Waals surface area contributed by atoms with Crippen molar-refractivity contribution < 1.29 is 14.3 Å². The Bertz CT molecular complexity index is 373. The van der Waals surface area contributed by atoms with Crippen LogP contribution in [0, 0.1) is 0 Å². The molecule has 0 aliphatic heterocycles. The summed E-state index contributed by atoms with van der Waals surface area (Å²) in [7, 11) is 1.36. The molecule has 2 amide bonds. The van der Waals surface area contributed by atoms with Gasteiger partial charge in [0.05, 0.1) is 7.11 Å². The molecule has 0 spiro atoms. The molecule has 0 atom stereocenters. The van der Waals surface area contributed by atoms with Crippen LogP contribution in [0.4, 0.5) is 10.5 Å². The van der Waals surface area contributed by atoms with Crippen molar-refractivity contribution in [1.29, 1.82) is 0 Å². The van der Waals surface area contributed by atoms with Crippen LogP contribution in [0.2, 0.25) is 0 Å². The van der Waals surface area contributed by atoms with Crippen molar-refractivity contribution in [2.75, 3.05) is 12.4 Å². The quantitative estimate of drug-likeness (QED) is 0.753. The topological polar surface area (TPSA) is 81.4 Å². The lowest BCUT2D eigenvalue weighted by molar-refractivity contribution is -0.140. The zero-order valence-electron chi connectivity index (χ0n) is 9.03. The molecule has 5 nitrogen and oxygen atoms in total. The van der Waals surface area contributed by atoms with Gasteiger partial charge in [-0.25, -0.2) is 4.79 Å². The van der Waals surface area contributed by atoms with Gasteiger partial charge in [0.1, 0.15) is 0 Å². The highest BCUT2D eigenvalue weighted by atomic mass is 16.5. The van der Waals surface area contributed by atoms with Crippen molar-refractivity contribution in [3.05, 3.63) is 29.8 Å². The number of esters is 1. The number of benzene rings is 1. The highest BCUT2D eigenvalue weighted by Gasteiger charge is 2.01. The van der Waals surface area contributed by atoms with Gasteiger partial charge in [0.2, 0.25) is 0 Å². The number of nitrogens with two attached hydrogens (primary N) is 1. The van der Waals surface area contributed by atoms with E-state index in [1.165, 1.54) is 7.11 Å². The van der Waals surface area contributed by atoms with Crippen LogP contribution in [0.1, 0.15) is 12.0 Å². The van der Waals surface area contributed by atoms with Gasteiger partial charge in [-0.05, 0) is 24.1 Å². The van der Waals surface area contributed by atoms with E-state index in [1.807, 2.05) is 12.1 Å². The van der Waals surface area contributed by atoms with Gasteiger partial charge < -0.3 is 15.8 Å². The van der Waals surface area contributed by atoms with Crippen molar-refractivity contribution in [3.8, 4) is 0 Å². The summed E-state index contributed by atoms with van der Waals surface area (Å²) in [6, 6.07) is 6.53. The molecule has 86 valence electrons. The summed E-state index contributed by atoms with van der Waals surface area (Å²) in [5.74, 6) is -0.237. The molecular formula is C11H14N2O3. The van der Waals surface area contributed by atoms with Gasteiger partial charge in [-0.2, -0.15) is 0 Å². The van der Waals surface area contributed by atoms with E-state index in [0.29, 0.717) is 18.5 Å². The van der Waals surface area contributed by atoms with Crippen molar-refractivity contribution in [1.82, 2.24) is 0 Å². The number of methoxy groups -OCH3 is 1. The number of primary amides is 1. The van der Waals surface area contributed by atoms with Crippen LogP contribution in [-0.2, 0) is 16.0 Å². The molecule has 0 radical (unpaired) electrons. The maximum Gasteiger partial charge on any atom is 0.316 e. The fourth-order valence-corrected chi connectivity index (χ4v) is 1.25. The lowest BCUT2D eigenvalue weighted by atomic mass is 10.1. The first-order valence-corrected chi connectivity index (χ1v) is 4.84. The summed E-state index contributed by atoms with van der Waals surface area (Å²) in [5, 5.41) is 2.46. The smallest absolute Gasteiger partial charge is 0.316 e. The molecule has 0 saturated carbocycles. The first-order valence-electron chi connectivity index (χ1n) is 4.84. The number of carbonyl (C=O) groups is 2.